The Hall–Kier alpha value is -7.24. The molecule has 5 amide bonds. The number of likely N-dealkylation sites (tertiary alicyclic amines) is 2. The smallest absolute Gasteiger partial charge is 0.408 e. The summed E-state index contributed by atoms with van der Waals surface area (Å²) in [6.07, 6.45) is 15.5. The van der Waals surface area contributed by atoms with Crippen molar-refractivity contribution in [1.82, 2.24) is 31.1 Å². The number of alkyl carbamates (subject to hydrolysis) is 3. The molecule has 0 aliphatic carbocycles. The number of rotatable bonds is 15. The maximum Gasteiger partial charge on any atom is 0.408 e. The van der Waals surface area contributed by atoms with Crippen molar-refractivity contribution in [1.29, 1.82) is 0 Å². The Bertz CT molecular complexity index is 2240. The third kappa shape index (κ3) is 34.9. The lowest BCUT2D eigenvalue weighted by Crippen LogP contribution is -2.57. The van der Waals surface area contributed by atoms with Gasteiger partial charge in [0.05, 0.1) is 12.1 Å². The first kappa shape index (κ1) is 87.2. The molecule has 3 heterocycles. The van der Waals surface area contributed by atoms with Gasteiger partial charge in [0, 0.05) is 41.9 Å². The van der Waals surface area contributed by atoms with Gasteiger partial charge in [-0.05, 0) is 117 Å². The summed E-state index contributed by atoms with van der Waals surface area (Å²) in [5.41, 5.74) is -1.61. The highest BCUT2D eigenvalue weighted by Gasteiger charge is 2.46. The Morgan fingerprint density at radius 3 is 0.920 bits per heavy atom. The van der Waals surface area contributed by atoms with Crippen LogP contribution in [0.2, 0.25) is 0 Å². The van der Waals surface area contributed by atoms with Crippen molar-refractivity contribution < 1.29 is 76.9 Å². The molecule has 22 nitrogen and oxygen atoms in total. The average molecular weight is 1240 g/mol. The van der Waals surface area contributed by atoms with E-state index in [1.165, 1.54) is 18.9 Å². The van der Waals surface area contributed by atoms with Crippen LogP contribution in [-0.4, -0.2) is 141 Å². The normalized spacial score (nSPS) is 20.6. The monoisotopic (exact) mass is 1240 g/mol. The predicted octanol–water partition coefficient (Wildman–Crippen LogP) is 11.0. The van der Waals surface area contributed by atoms with E-state index >= 15 is 0 Å². The highest BCUT2D eigenvalue weighted by molar-refractivity contribution is 5.88. The summed E-state index contributed by atoms with van der Waals surface area (Å²) in [5, 5.41) is 20.3. The molecule has 3 aliphatic heterocycles. The molecule has 88 heavy (non-hydrogen) atoms. The number of carbonyl (C=O) groups is 6. The largest absolute Gasteiger partial charge is 0.480 e. The third-order valence-corrected chi connectivity index (χ3v) is 13.9. The minimum absolute atomic E-state index is 0.0216. The zero-order valence-corrected chi connectivity index (χ0v) is 56.8. The summed E-state index contributed by atoms with van der Waals surface area (Å²) in [7, 11) is 0. The summed E-state index contributed by atoms with van der Waals surface area (Å²) in [5.74, 6) is -2.14. The Labute approximate surface area is 525 Å². The number of nitrogens with zero attached hydrogens (tertiary/aromatic N) is 2. The van der Waals surface area contributed by atoms with E-state index < -0.39 is 59.2 Å². The van der Waals surface area contributed by atoms with Crippen molar-refractivity contribution in [2.45, 2.75) is 255 Å². The summed E-state index contributed by atoms with van der Waals surface area (Å²) in [4.78, 5) is 126. The molecule has 3 saturated heterocycles. The standard InChI is InChI=1S/2C21H36N2O3.C11H19NO4.C10H19N.3CO2/c2*1-10-14(3)17(22-19(25)26-21(7,8)9)18(24)23-15(11-2)12-13-16(23)20(4,5)6;1-6-7(2)8(9(13)14)12-10(15)16-11(3,4)5;1-5-8-6-7-9(11-8)10(2,3)4;3*2-1-3/h2*10-11,14-17H,1-2,12-13H2,3-9H3,(H,22,25);6-8H,1H2,2-5H3,(H,12,15)(H,13,14);5,8-9,11H,1,6-7H2,2-4H3;;;/t14-,15+,16+,17?;14-,15-,16-,17+;7-,8?;8-,9-;;;/m1010.../s1. The van der Waals surface area contributed by atoms with E-state index in [9.17, 15) is 28.8 Å². The Morgan fingerprint density at radius 1 is 0.455 bits per heavy atom. The van der Waals surface area contributed by atoms with Crippen LogP contribution in [-0.2, 0) is 57.4 Å². The van der Waals surface area contributed by atoms with Crippen molar-refractivity contribution >= 4 is 54.5 Å². The van der Waals surface area contributed by atoms with Gasteiger partial charge in [-0.1, -0.05) is 120 Å². The molecule has 0 radical (unpaired) electrons. The molecule has 5 N–H and O–H groups in total. The number of nitrogens with one attached hydrogen (secondary N) is 4. The van der Waals surface area contributed by atoms with E-state index in [4.69, 9.17) is 48.1 Å². The Balaban J connectivity index is -0.000000529. The van der Waals surface area contributed by atoms with E-state index in [1.807, 2.05) is 41.9 Å². The second kappa shape index (κ2) is 40.3. The molecular weight excluding hydrogens is 1130 g/mol. The predicted molar refractivity (Wildman–Crippen MR) is 336 cm³/mol. The Kier molecular flexibility index (Phi) is 40.0. The second-order valence-electron chi connectivity index (χ2n) is 27.8. The zero-order chi connectivity index (χ0) is 70.1. The lowest BCUT2D eigenvalue weighted by atomic mass is 9.84. The summed E-state index contributed by atoms with van der Waals surface area (Å²) in [6, 6.07) is -1.08. The van der Waals surface area contributed by atoms with E-state index in [2.05, 4.69) is 123 Å². The third-order valence-electron chi connectivity index (χ3n) is 13.9. The van der Waals surface area contributed by atoms with Gasteiger partial charge in [0.25, 0.3) is 0 Å². The minimum atomic E-state index is -1.11. The molecule has 0 aromatic rings. The maximum absolute atomic E-state index is 13.4. The number of carboxylic acid groups (broad SMARTS) is 1. The molecule has 2 unspecified atom stereocenters. The SMILES string of the molecule is C=C[C@@H](C)C(NC(=O)OC(C)(C)C)C(=O)N1[C@H](C(C)(C)C)CC[C@@H]1C=C.C=C[C@@H](C)C(NC(=O)OC(C)(C)C)C(=O)O.C=C[C@H](C)[C@@H](NC(=O)OC(C)(C)C)C(=O)N1[C@H](C(C)(C)C)CC[C@@H]1C=C.C=C[C@H]1CC[C@@H](C(C)(C)C)N1.O=C=O.O=C=O.O=C=O. The number of hydrogen-bond acceptors (Lipinski definition) is 16. The van der Waals surface area contributed by atoms with Crippen molar-refractivity contribution in [3.05, 3.63) is 75.9 Å². The van der Waals surface area contributed by atoms with Crippen molar-refractivity contribution in [3.63, 3.8) is 0 Å². The Morgan fingerprint density at radius 2 is 0.727 bits per heavy atom. The highest BCUT2D eigenvalue weighted by Crippen LogP contribution is 2.39. The molecule has 500 valence electrons. The van der Waals surface area contributed by atoms with Crippen LogP contribution >= 0.6 is 0 Å². The number of hydrogen-bond donors (Lipinski definition) is 5. The molecule has 3 fully saturated rings. The van der Waals surface area contributed by atoms with Crippen LogP contribution in [0, 0.1) is 34.0 Å². The molecule has 0 spiro atoms. The topological polar surface area (TPSA) is 307 Å². The first-order valence-corrected chi connectivity index (χ1v) is 29.4. The number of aliphatic carboxylic acids is 1. The minimum Gasteiger partial charge on any atom is -0.480 e. The molecule has 3 rings (SSSR count). The van der Waals surface area contributed by atoms with E-state index in [1.54, 1.807) is 81.4 Å². The lowest BCUT2D eigenvalue weighted by molar-refractivity contribution is -0.193. The quantitative estimate of drug-likeness (QED) is 0.0751. The average Bonchev–Trinajstić information content (AvgIpc) is 2.11. The molecule has 3 aliphatic rings. The van der Waals surface area contributed by atoms with Crippen LogP contribution in [0.15, 0.2) is 75.9 Å². The summed E-state index contributed by atoms with van der Waals surface area (Å²) in [6.45, 7) is 63.7. The fourth-order valence-electron chi connectivity index (χ4n) is 9.40. The van der Waals surface area contributed by atoms with E-state index in [-0.39, 0.29) is 83.0 Å². The number of amides is 5. The number of ether oxygens (including phenoxy) is 3. The molecule has 0 aromatic carbocycles. The van der Waals surface area contributed by atoms with Crippen LogP contribution < -0.4 is 21.3 Å². The van der Waals surface area contributed by atoms with Crippen LogP contribution in [0.1, 0.15) is 184 Å². The summed E-state index contributed by atoms with van der Waals surface area (Å²) >= 11 is 0. The van der Waals surface area contributed by atoms with Crippen LogP contribution in [0.4, 0.5) is 14.4 Å². The first-order valence-electron chi connectivity index (χ1n) is 29.4. The fourth-order valence-corrected chi connectivity index (χ4v) is 9.40. The first-order chi connectivity index (χ1) is 40.1. The highest BCUT2D eigenvalue weighted by atomic mass is 16.6. The van der Waals surface area contributed by atoms with Crippen molar-refractivity contribution in [3.8, 4) is 0 Å². The molecular formula is C66H110N6O16. The van der Waals surface area contributed by atoms with E-state index in [0.717, 1.165) is 25.7 Å². The number of carbonyl (C=O) groups excluding carboxylic acids is 11. The second-order valence-corrected chi connectivity index (χ2v) is 27.8. The van der Waals surface area contributed by atoms with Crippen molar-refractivity contribution in [2.75, 3.05) is 0 Å². The molecule has 0 aromatic heterocycles. The molecule has 0 bridgehead atoms. The lowest BCUT2D eigenvalue weighted by Gasteiger charge is -2.40. The number of carboxylic acids is 1. The van der Waals surface area contributed by atoms with Gasteiger partial charge in [-0.25, -0.2) is 19.2 Å². The fraction of sp³-hybridized carbons (Fsp3) is 0.682. The maximum atomic E-state index is 13.4. The van der Waals surface area contributed by atoms with E-state index in [0.29, 0.717) is 17.5 Å². The molecule has 22 heteroatoms. The molecule has 12 atom stereocenters. The van der Waals surface area contributed by atoms with Crippen LogP contribution in [0.25, 0.3) is 0 Å². The van der Waals surface area contributed by atoms with Gasteiger partial charge in [-0.15, -0.1) is 39.5 Å². The van der Waals surface area contributed by atoms with Gasteiger partial charge in [0.2, 0.25) is 11.8 Å². The van der Waals surface area contributed by atoms with Crippen LogP contribution in [0.5, 0.6) is 0 Å². The van der Waals surface area contributed by atoms with Gasteiger partial charge in [-0.3, -0.25) is 9.59 Å². The zero-order valence-electron chi connectivity index (χ0n) is 56.8. The van der Waals surface area contributed by atoms with Gasteiger partial charge in [0.1, 0.15) is 34.9 Å². The van der Waals surface area contributed by atoms with Crippen molar-refractivity contribution in [2.24, 2.45) is 34.0 Å². The van der Waals surface area contributed by atoms with Gasteiger partial charge in [0.15, 0.2) is 0 Å². The van der Waals surface area contributed by atoms with Gasteiger partial charge in [-0.2, -0.15) is 28.8 Å². The van der Waals surface area contributed by atoms with Gasteiger partial charge < -0.3 is 50.4 Å². The van der Waals surface area contributed by atoms with Gasteiger partial charge >= 0.3 is 42.7 Å². The summed E-state index contributed by atoms with van der Waals surface area (Å²) < 4.78 is 15.7. The van der Waals surface area contributed by atoms with Crippen LogP contribution in [0.3, 0.4) is 0 Å². The molecule has 0 saturated carbocycles.